The van der Waals surface area contributed by atoms with Crippen molar-refractivity contribution in [3.8, 4) is 5.75 Å². The Kier molecular flexibility index (Phi) is 5.44. The molecular formula is C17H21N5O2. The highest BCUT2D eigenvalue weighted by Gasteiger charge is 2.21. The lowest BCUT2D eigenvalue weighted by atomic mass is 10.3. The van der Waals surface area contributed by atoms with Crippen LogP contribution in [0, 0.1) is 0 Å². The number of nitrogens with one attached hydrogen (secondary N) is 1. The zero-order valence-electron chi connectivity index (χ0n) is 13.5. The summed E-state index contributed by atoms with van der Waals surface area (Å²) < 4.78 is 5.56. The third-order valence-corrected chi connectivity index (χ3v) is 3.79. The zero-order valence-corrected chi connectivity index (χ0v) is 13.5. The molecule has 1 N–H and O–H groups in total. The molecule has 0 bridgehead atoms. The number of rotatable bonds is 5. The average Bonchev–Trinajstić information content (AvgIpc) is 2.67. The van der Waals surface area contributed by atoms with Gasteiger partial charge in [-0.25, -0.2) is 14.8 Å². The molecule has 1 aliphatic heterocycles. The van der Waals surface area contributed by atoms with Crippen molar-refractivity contribution in [1.29, 1.82) is 0 Å². The largest absolute Gasteiger partial charge is 0.492 e. The van der Waals surface area contributed by atoms with Gasteiger partial charge in [0, 0.05) is 38.6 Å². The van der Waals surface area contributed by atoms with Gasteiger partial charge in [0.25, 0.3) is 0 Å². The van der Waals surface area contributed by atoms with Crippen LogP contribution in [0.15, 0.2) is 48.8 Å². The number of amides is 2. The van der Waals surface area contributed by atoms with E-state index in [9.17, 15) is 4.79 Å². The van der Waals surface area contributed by atoms with Crippen LogP contribution in [0.2, 0.25) is 0 Å². The maximum Gasteiger partial charge on any atom is 0.317 e. The molecule has 2 amide bonds. The molecule has 0 radical (unpaired) electrons. The van der Waals surface area contributed by atoms with Gasteiger partial charge in [0.1, 0.15) is 12.4 Å². The van der Waals surface area contributed by atoms with E-state index in [0.29, 0.717) is 32.2 Å². The summed E-state index contributed by atoms with van der Waals surface area (Å²) >= 11 is 0. The molecule has 3 rings (SSSR count). The summed E-state index contributed by atoms with van der Waals surface area (Å²) in [4.78, 5) is 24.5. The minimum Gasteiger partial charge on any atom is -0.492 e. The standard InChI is InChI=1S/C17H21N5O2/c23-17(20-9-14-24-15-5-2-1-3-6-15)22-12-10-21(11-13-22)16-18-7-4-8-19-16/h1-8H,9-14H2,(H,20,23). The highest BCUT2D eigenvalue weighted by molar-refractivity contribution is 5.74. The maximum atomic E-state index is 12.2. The van der Waals surface area contributed by atoms with Gasteiger partial charge in [-0.05, 0) is 18.2 Å². The van der Waals surface area contributed by atoms with E-state index in [2.05, 4.69) is 20.2 Å². The van der Waals surface area contributed by atoms with Gasteiger partial charge in [-0.2, -0.15) is 0 Å². The number of ether oxygens (including phenoxy) is 1. The Labute approximate surface area is 141 Å². The first kappa shape index (κ1) is 16.0. The Balaban J connectivity index is 1.36. The molecule has 24 heavy (non-hydrogen) atoms. The predicted molar refractivity (Wildman–Crippen MR) is 91.2 cm³/mol. The summed E-state index contributed by atoms with van der Waals surface area (Å²) in [5, 5.41) is 2.89. The minimum absolute atomic E-state index is 0.0553. The van der Waals surface area contributed by atoms with E-state index in [0.717, 1.165) is 18.8 Å². The second-order valence-corrected chi connectivity index (χ2v) is 5.42. The van der Waals surface area contributed by atoms with Crippen molar-refractivity contribution in [1.82, 2.24) is 20.2 Å². The Hall–Kier alpha value is -2.83. The van der Waals surface area contributed by atoms with E-state index >= 15 is 0 Å². The molecule has 0 saturated carbocycles. The molecule has 1 aliphatic rings. The predicted octanol–water partition coefficient (Wildman–Crippen LogP) is 1.39. The number of piperazine rings is 1. The van der Waals surface area contributed by atoms with Crippen LogP contribution in [-0.4, -0.2) is 60.2 Å². The number of hydrogen-bond donors (Lipinski definition) is 1. The highest BCUT2D eigenvalue weighted by atomic mass is 16.5. The molecule has 1 saturated heterocycles. The van der Waals surface area contributed by atoms with Crippen LogP contribution in [0.1, 0.15) is 0 Å². The van der Waals surface area contributed by atoms with Gasteiger partial charge in [-0.1, -0.05) is 18.2 Å². The Morgan fingerprint density at radius 3 is 2.46 bits per heavy atom. The van der Waals surface area contributed by atoms with Crippen molar-refractivity contribution in [3.05, 3.63) is 48.8 Å². The van der Waals surface area contributed by atoms with Crippen molar-refractivity contribution in [2.45, 2.75) is 0 Å². The number of nitrogens with zero attached hydrogens (tertiary/aromatic N) is 4. The highest BCUT2D eigenvalue weighted by Crippen LogP contribution is 2.10. The SMILES string of the molecule is O=C(NCCOc1ccccc1)N1CCN(c2ncccn2)CC1. The fourth-order valence-electron chi connectivity index (χ4n) is 2.52. The normalized spacial score (nSPS) is 14.3. The number of benzene rings is 1. The lowest BCUT2D eigenvalue weighted by Crippen LogP contribution is -2.52. The van der Waals surface area contributed by atoms with E-state index in [1.165, 1.54) is 0 Å². The number of urea groups is 1. The molecule has 7 nitrogen and oxygen atoms in total. The molecule has 1 fully saturated rings. The van der Waals surface area contributed by atoms with E-state index in [4.69, 9.17) is 4.74 Å². The first-order valence-electron chi connectivity index (χ1n) is 8.05. The van der Waals surface area contributed by atoms with Gasteiger partial charge in [0.15, 0.2) is 0 Å². The van der Waals surface area contributed by atoms with Crippen molar-refractivity contribution < 1.29 is 9.53 Å². The molecule has 1 aromatic carbocycles. The summed E-state index contributed by atoms with van der Waals surface area (Å²) in [6, 6.07) is 11.3. The third kappa shape index (κ3) is 4.34. The monoisotopic (exact) mass is 327 g/mol. The number of anilines is 1. The van der Waals surface area contributed by atoms with Crippen LogP contribution < -0.4 is 15.0 Å². The number of carbonyl (C=O) groups excluding carboxylic acids is 1. The molecule has 2 aromatic rings. The topological polar surface area (TPSA) is 70.6 Å². The molecule has 126 valence electrons. The van der Waals surface area contributed by atoms with Crippen molar-refractivity contribution in [2.24, 2.45) is 0 Å². The minimum atomic E-state index is -0.0553. The Bertz CT molecular complexity index is 630. The number of carbonyl (C=O) groups is 1. The summed E-state index contributed by atoms with van der Waals surface area (Å²) in [6.45, 7) is 3.71. The fraction of sp³-hybridized carbons (Fsp3) is 0.353. The fourth-order valence-corrected chi connectivity index (χ4v) is 2.52. The van der Waals surface area contributed by atoms with Crippen LogP contribution in [0.3, 0.4) is 0 Å². The molecule has 0 spiro atoms. The van der Waals surface area contributed by atoms with E-state index in [1.54, 1.807) is 18.5 Å². The summed E-state index contributed by atoms with van der Waals surface area (Å²) in [6.07, 6.45) is 3.46. The van der Waals surface area contributed by atoms with E-state index in [-0.39, 0.29) is 6.03 Å². The second kappa shape index (κ2) is 8.14. The lowest BCUT2D eigenvalue weighted by molar-refractivity contribution is 0.191. The molecule has 7 heteroatoms. The first-order valence-corrected chi connectivity index (χ1v) is 8.05. The maximum absolute atomic E-state index is 12.2. The first-order chi connectivity index (χ1) is 11.8. The van der Waals surface area contributed by atoms with Gasteiger partial charge in [0.2, 0.25) is 5.95 Å². The molecule has 2 heterocycles. The number of para-hydroxylation sites is 1. The lowest BCUT2D eigenvalue weighted by Gasteiger charge is -2.34. The van der Waals surface area contributed by atoms with Gasteiger partial charge >= 0.3 is 6.03 Å². The molecule has 0 unspecified atom stereocenters. The van der Waals surface area contributed by atoms with Gasteiger partial charge in [-0.3, -0.25) is 0 Å². The molecular weight excluding hydrogens is 306 g/mol. The van der Waals surface area contributed by atoms with E-state index in [1.807, 2.05) is 35.2 Å². The Morgan fingerprint density at radius 2 is 1.75 bits per heavy atom. The van der Waals surface area contributed by atoms with Crippen molar-refractivity contribution >= 4 is 12.0 Å². The third-order valence-electron chi connectivity index (χ3n) is 3.79. The van der Waals surface area contributed by atoms with Gasteiger partial charge in [0.05, 0.1) is 6.54 Å². The van der Waals surface area contributed by atoms with Crippen LogP contribution >= 0.6 is 0 Å². The molecule has 1 aromatic heterocycles. The number of aromatic nitrogens is 2. The number of hydrogen-bond acceptors (Lipinski definition) is 5. The van der Waals surface area contributed by atoms with Crippen LogP contribution in [-0.2, 0) is 0 Å². The van der Waals surface area contributed by atoms with Crippen LogP contribution in [0.5, 0.6) is 5.75 Å². The quantitative estimate of drug-likeness (QED) is 0.840. The van der Waals surface area contributed by atoms with Crippen molar-refractivity contribution in [2.75, 3.05) is 44.2 Å². The summed E-state index contributed by atoms with van der Waals surface area (Å²) in [7, 11) is 0. The average molecular weight is 327 g/mol. The summed E-state index contributed by atoms with van der Waals surface area (Å²) in [5.74, 6) is 1.53. The van der Waals surface area contributed by atoms with Gasteiger partial charge < -0.3 is 19.9 Å². The second-order valence-electron chi connectivity index (χ2n) is 5.42. The smallest absolute Gasteiger partial charge is 0.317 e. The van der Waals surface area contributed by atoms with Gasteiger partial charge in [-0.15, -0.1) is 0 Å². The van der Waals surface area contributed by atoms with Crippen LogP contribution in [0.25, 0.3) is 0 Å². The van der Waals surface area contributed by atoms with Crippen molar-refractivity contribution in [3.63, 3.8) is 0 Å². The molecule has 0 aliphatic carbocycles. The molecule has 0 atom stereocenters. The van der Waals surface area contributed by atoms with Crippen LogP contribution in [0.4, 0.5) is 10.7 Å². The Morgan fingerprint density at radius 1 is 1.04 bits per heavy atom. The zero-order chi connectivity index (χ0) is 16.6. The summed E-state index contributed by atoms with van der Waals surface area (Å²) in [5.41, 5.74) is 0. The van der Waals surface area contributed by atoms with E-state index < -0.39 is 0 Å².